The molecule has 0 aliphatic carbocycles. The fraction of sp³-hybridized carbons (Fsp3) is 0.263. The standard InChI is InChI=1S/C19H18F2N2O3/c1-26-19(25)16-9-12-5-2-3-6-13(12)10-23(16)11-17(24)22-18-14(20)7-4-8-15(18)21/h2-8,16H,9-11H2,1H3,(H,22,24)/t16-/m0/s1. The molecule has 0 saturated carbocycles. The first-order valence-electron chi connectivity index (χ1n) is 8.12. The highest BCUT2D eigenvalue weighted by atomic mass is 19.1. The van der Waals surface area contributed by atoms with Gasteiger partial charge >= 0.3 is 5.97 Å². The van der Waals surface area contributed by atoms with E-state index in [-0.39, 0.29) is 6.54 Å². The molecule has 0 bridgehead atoms. The molecule has 0 unspecified atom stereocenters. The Morgan fingerprint density at radius 3 is 2.42 bits per heavy atom. The molecule has 0 spiro atoms. The van der Waals surface area contributed by atoms with Gasteiger partial charge in [-0.25, -0.2) is 8.78 Å². The minimum absolute atomic E-state index is 0.193. The molecule has 7 heteroatoms. The molecule has 1 aliphatic heterocycles. The number of anilines is 1. The van der Waals surface area contributed by atoms with E-state index in [1.807, 2.05) is 24.3 Å². The summed E-state index contributed by atoms with van der Waals surface area (Å²) in [4.78, 5) is 26.1. The van der Waals surface area contributed by atoms with E-state index < -0.39 is 35.2 Å². The summed E-state index contributed by atoms with van der Waals surface area (Å²) >= 11 is 0. The Morgan fingerprint density at radius 1 is 1.12 bits per heavy atom. The number of carbonyl (C=O) groups is 2. The Hall–Kier alpha value is -2.80. The summed E-state index contributed by atoms with van der Waals surface area (Å²) in [5, 5.41) is 2.24. The van der Waals surface area contributed by atoms with Gasteiger partial charge in [0.25, 0.3) is 0 Å². The number of carbonyl (C=O) groups excluding carboxylic acids is 2. The van der Waals surface area contributed by atoms with Crippen LogP contribution in [0.2, 0.25) is 0 Å². The number of hydrogen-bond acceptors (Lipinski definition) is 4. The molecule has 136 valence electrons. The van der Waals surface area contributed by atoms with E-state index in [0.29, 0.717) is 13.0 Å². The third-order valence-electron chi connectivity index (χ3n) is 4.39. The number of amides is 1. The van der Waals surface area contributed by atoms with Crippen molar-refractivity contribution in [2.75, 3.05) is 19.0 Å². The third-order valence-corrected chi connectivity index (χ3v) is 4.39. The number of benzene rings is 2. The number of rotatable bonds is 4. The van der Waals surface area contributed by atoms with Crippen LogP contribution >= 0.6 is 0 Å². The Labute approximate surface area is 149 Å². The highest BCUT2D eigenvalue weighted by Crippen LogP contribution is 2.24. The quantitative estimate of drug-likeness (QED) is 0.852. The molecule has 1 heterocycles. The van der Waals surface area contributed by atoms with Crippen molar-refractivity contribution < 1.29 is 23.1 Å². The molecular weight excluding hydrogens is 342 g/mol. The van der Waals surface area contributed by atoms with Crippen molar-refractivity contribution in [1.29, 1.82) is 0 Å². The van der Waals surface area contributed by atoms with Crippen molar-refractivity contribution in [3.63, 3.8) is 0 Å². The van der Waals surface area contributed by atoms with E-state index in [1.54, 1.807) is 4.90 Å². The molecule has 2 aromatic carbocycles. The number of nitrogens with zero attached hydrogens (tertiary/aromatic N) is 1. The van der Waals surface area contributed by atoms with Crippen LogP contribution in [0.1, 0.15) is 11.1 Å². The first-order valence-corrected chi connectivity index (χ1v) is 8.12. The molecule has 2 aromatic rings. The van der Waals surface area contributed by atoms with Gasteiger partial charge in [0, 0.05) is 6.54 Å². The molecule has 0 radical (unpaired) electrons. The Bertz CT molecular complexity index is 821. The lowest BCUT2D eigenvalue weighted by Crippen LogP contribution is -2.49. The number of methoxy groups -OCH3 is 1. The van der Waals surface area contributed by atoms with Gasteiger partial charge in [-0.1, -0.05) is 30.3 Å². The normalized spacial score (nSPS) is 16.7. The number of esters is 1. The average molecular weight is 360 g/mol. The van der Waals surface area contributed by atoms with Gasteiger partial charge in [0.15, 0.2) is 0 Å². The second-order valence-corrected chi connectivity index (χ2v) is 6.06. The van der Waals surface area contributed by atoms with Gasteiger partial charge in [0.1, 0.15) is 23.4 Å². The summed E-state index contributed by atoms with van der Waals surface area (Å²) in [7, 11) is 1.29. The third kappa shape index (κ3) is 3.72. The summed E-state index contributed by atoms with van der Waals surface area (Å²) in [6.45, 7) is 0.172. The Morgan fingerprint density at radius 2 is 1.77 bits per heavy atom. The maximum atomic E-state index is 13.7. The summed E-state index contributed by atoms with van der Waals surface area (Å²) in [5.74, 6) is -2.77. The topological polar surface area (TPSA) is 58.6 Å². The van der Waals surface area contributed by atoms with Crippen LogP contribution in [-0.2, 0) is 27.3 Å². The van der Waals surface area contributed by atoms with E-state index >= 15 is 0 Å². The lowest BCUT2D eigenvalue weighted by Gasteiger charge is -2.34. The monoisotopic (exact) mass is 360 g/mol. The van der Waals surface area contributed by atoms with Gasteiger partial charge in [-0.05, 0) is 29.7 Å². The van der Waals surface area contributed by atoms with Gasteiger partial charge in [0.05, 0.1) is 13.7 Å². The van der Waals surface area contributed by atoms with Crippen molar-refractivity contribution >= 4 is 17.6 Å². The first-order chi connectivity index (χ1) is 12.5. The molecule has 1 amide bonds. The van der Waals surface area contributed by atoms with Crippen LogP contribution in [-0.4, -0.2) is 36.5 Å². The number of hydrogen-bond donors (Lipinski definition) is 1. The molecule has 5 nitrogen and oxygen atoms in total. The van der Waals surface area contributed by atoms with E-state index in [2.05, 4.69) is 5.32 Å². The van der Waals surface area contributed by atoms with Gasteiger partial charge in [-0.2, -0.15) is 0 Å². The largest absolute Gasteiger partial charge is 0.468 e. The Kier molecular flexibility index (Phi) is 5.27. The second-order valence-electron chi connectivity index (χ2n) is 6.06. The Balaban J connectivity index is 1.78. The van der Waals surface area contributed by atoms with E-state index in [1.165, 1.54) is 13.2 Å². The van der Waals surface area contributed by atoms with Crippen molar-refractivity contribution in [3.8, 4) is 0 Å². The van der Waals surface area contributed by atoms with Crippen LogP contribution < -0.4 is 5.32 Å². The first kappa shape index (κ1) is 18.0. The lowest BCUT2D eigenvalue weighted by atomic mass is 9.94. The van der Waals surface area contributed by atoms with Crippen molar-refractivity contribution in [2.24, 2.45) is 0 Å². The van der Waals surface area contributed by atoms with Gasteiger partial charge in [-0.3, -0.25) is 14.5 Å². The minimum Gasteiger partial charge on any atom is -0.468 e. The molecule has 1 aliphatic rings. The van der Waals surface area contributed by atoms with Crippen LogP contribution in [0.3, 0.4) is 0 Å². The lowest BCUT2D eigenvalue weighted by molar-refractivity contribution is -0.148. The van der Waals surface area contributed by atoms with Gasteiger partial charge in [-0.15, -0.1) is 0 Å². The molecule has 26 heavy (non-hydrogen) atoms. The van der Waals surface area contributed by atoms with E-state index in [9.17, 15) is 18.4 Å². The smallest absolute Gasteiger partial charge is 0.323 e. The fourth-order valence-corrected chi connectivity index (χ4v) is 3.09. The fourth-order valence-electron chi connectivity index (χ4n) is 3.09. The SMILES string of the molecule is COC(=O)[C@@H]1Cc2ccccc2CN1CC(=O)Nc1c(F)cccc1F. The molecule has 0 aromatic heterocycles. The molecule has 0 fully saturated rings. The van der Waals surface area contributed by atoms with E-state index in [4.69, 9.17) is 4.74 Å². The van der Waals surface area contributed by atoms with Crippen molar-refractivity contribution in [1.82, 2.24) is 4.90 Å². The number of nitrogens with one attached hydrogen (secondary N) is 1. The van der Waals surface area contributed by atoms with Gasteiger partial charge < -0.3 is 10.1 Å². The van der Waals surface area contributed by atoms with Crippen LogP contribution in [0.4, 0.5) is 14.5 Å². The molecule has 0 saturated heterocycles. The second kappa shape index (κ2) is 7.61. The predicted molar refractivity (Wildman–Crippen MR) is 91.3 cm³/mol. The highest BCUT2D eigenvalue weighted by Gasteiger charge is 2.33. The zero-order chi connectivity index (χ0) is 18.7. The summed E-state index contributed by atoms with van der Waals surface area (Å²) < 4.78 is 32.2. The minimum atomic E-state index is -0.855. The molecular formula is C19H18F2N2O3. The van der Waals surface area contributed by atoms with Crippen molar-refractivity contribution in [3.05, 3.63) is 65.2 Å². The van der Waals surface area contributed by atoms with Gasteiger partial charge in [0.2, 0.25) is 5.91 Å². The maximum absolute atomic E-state index is 13.7. The average Bonchev–Trinajstić information content (AvgIpc) is 2.63. The van der Waals surface area contributed by atoms with Crippen LogP contribution in [0, 0.1) is 11.6 Å². The van der Waals surface area contributed by atoms with Crippen LogP contribution in [0.5, 0.6) is 0 Å². The van der Waals surface area contributed by atoms with E-state index in [0.717, 1.165) is 23.3 Å². The number of halogens is 2. The van der Waals surface area contributed by atoms with Crippen LogP contribution in [0.25, 0.3) is 0 Å². The number of fused-ring (bicyclic) bond motifs is 1. The summed E-state index contributed by atoms with van der Waals surface area (Å²) in [6.07, 6.45) is 0.407. The zero-order valence-electron chi connectivity index (χ0n) is 14.2. The molecule has 1 atom stereocenters. The molecule has 1 N–H and O–H groups in total. The number of para-hydroxylation sites is 1. The summed E-state index contributed by atoms with van der Waals surface area (Å²) in [6, 6.07) is 10.3. The summed E-state index contributed by atoms with van der Waals surface area (Å²) in [5.41, 5.74) is 1.52. The maximum Gasteiger partial charge on any atom is 0.323 e. The van der Waals surface area contributed by atoms with Crippen LogP contribution in [0.15, 0.2) is 42.5 Å². The molecule has 3 rings (SSSR count). The van der Waals surface area contributed by atoms with Crippen molar-refractivity contribution in [2.45, 2.75) is 19.0 Å². The predicted octanol–water partition coefficient (Wildman–Crippen LogP) is 2.50. The highest BCUT2D eigenvalue weighted by molar-refractivity contribution is 5.93. The number of ether oxygens (including phenoxy) is 1. The zero-order valence-corrected chi connectivity index (χ0v) is 14.2.